The second-order valence-corrected chi connectivity index (χ2v) is 16.7. The molecule has 2 fully saturated rings. The topological polar surface area (TPSA) is 161 Å². The van der Waals surface area contributed by atoms with Crippen molar-refractivity contribution in [3.05, 3.63) is 96.1 Å². The fraction of sp³-hybridized carbons (Fsp3) is 0.364. The van der Waals surface area contributed by atoms with Crippen LogP contribution in [0.5, 0.6) is 11.5 Å². The molecule has 0 bridgehead atoms. The van der Waals surface area contributed by atoms with E-state index < -0.39 is 47.0 Å². The van der Waals surface area contributed by atoms with Crippen molar-refractivity contribution in [3.8, 4) is 45.1 Å². The number of hydrogen-bond donors (Lipinski definition) is 2. The predicted molar refractivity (Wildman–Crippen MR) is 218 cm³/mol. The van der Waals surface area contributed by atoms with Crippen LogP contribution < -0.4 is 14.8 Å². The van der Waals surface area contributed by atoms with Gasteiger partial charge in [0.1, 0.15) is 34.9 Å². The van der Waals surface area contributed by atoms with Crippen molar-refractivity contribution in [2.75, 3.05) is 31.5 Å². The van der Waals surface area contributed by atoms with Crippen molar-refractivity contribution in [2.45, 2.75) is 77.8 Å². The normalized spacial score (nSPS) is 16.7. The largest absolute Gasteiger partial charge is 0.488 e. The van der Waals surface area contributed by atoms with Gasteiger partial charge in [-0.15, -0.1) is 10.2 Å². The van der Waals surface area contributed by atoms with Gasteiger partial charge in [0.25, 0.3) is 5.91 Å². The van der Waals surface area contributed by atoms with Gasteiger partial charge in [-0.25, -0.2) is 18.4 Å². The van der Waals surface area contributed by atoms with Gasteiger partial charge < -0.3 is 34.1 Å². The molecule has 3 amide bonds. The van der Waals surface area contributed by atoms with Gasteiger partial charge in [-0.05, 0) is 106 Å². The van der Waals surface area contributed by atoms with E-state index in [0.29, 0.717) is 72.2 Å². The van der Waals surface area contributed by atoms with Crippen LogP contribution in [-0.2, 0) is 9.47 Å². The molecule has 14 nitrogen and oxygen atoms in total. The zero-order chi connectivity index (χ0) is 42.8. The van der Waals surface area contributed by atoms with Crippen molar-refractivity contribution in [1.29, 1.82) is 0 Å². The Hall–Kier alpha value is -6.58. The minimum absolute atomic E-state index is 0.225. The first kappa shape index (κ1) is 41.6. The lowest BCUT2D eigenvalue weighted by molar-refractivity contribution is 0.0266. The summed E-state index contributed by atoms with van der Waals surface area (Å²) in [6, 6.07) is 21.0. The number of amides is 3. The van der Waals surface area contributed by atoms with Crippen LogP contribution in [0.1, 0.15) is 64.7 Å². The van der Waals surface area contributed by atoms with Crippen LogP contribution in [0, 0.1) is 11.6 Å². The van der Waals surface area contributed by atoms with Crippen molar-refractivity contribution in [1.82, 2.24) is 30.4 Å². The van der Waals surface area contributed by atoms with Crippen LogP contribution in [0.4, 0.5) is 24.1 Å². The lowest BCUT2D eigenvalue weighted by Gasteiger charge is -2.24. The van der Waals surface area contributed by atoms with E-state index in [1.54, 1.807) is 67.0 Å². The predicted octanol–water partition coefficient (Wildman–Crippen LogP) is 8.51. The molecule has 0 aliphatic carbocycles. The summed E-state index contributed by atoms with van der Waals surface area (Å²) in [5.74, 6) is -1.24. The second kappa shape index (κ2) is 17.0. The highest BCUT2D eigenvalue weighted by Crippen LogP contribution is 2.37. The molecule has 7 rings (SSSR count). The average Bonchev–Trinajstić information content (AvgIpc) is 3.99. The number of nitrogens with one attached hydrogen (secondary N) is 2. The van der Waals surface area contributed by atoms with E-state index in [2.05, 4.69) is 25.9 Å². The zero-order valence-electron chi connectivity index (χ0n) is 34.3. The van der Waals surface area contributed by atoms with E-state index in [0.717, 1.165) is 23.3 Å². The van der Waals surface area contributed by atoms with Crippen LogP contribution in [0.15, 0.2) is 78.9 Å². The highest BCUT2D eigenvalue weighted by molar-refractivity contribution is 6.05. The minimum Gasteiger partial charge on any atom is -0.488 e. The summed E-state index contributed by atoms with van der Waals surface area (Å²) in [6.07, 6.45) is -0.463. The highest BCUT2D eigenvalue weighted by Gasteiger charge is 2.33. The molecule has 0 spiro atoms. The third-order valence-corrected chi connectivity index (χ3v) is 9.69. The maximum atomic E-state index is 14.6. The fourth-order valence-electron chi connectivity index (χ4n) is 6.88. The Kier molecular flexibility index (Phi) is 11.7. The number of carbonyl (C=O) groups is 3. The zero-order valence-corrected chi connectivity index (χ0v) is 34.3. The summed E-state index contributed by atoms with van der Waals surface area (Å²) >= 11 is 0. The maximum Gasteiger partial charge on any atom is 0.410 e. The number of rotatable bonds is 9. The fourth-order valence-corrected chi connectivity index (χ4v) is 6.88. The number of nitrogens with zero attached hydrogens (tertiary/aromatic N) is 5. The van der Waals surface area contributed by atoms with Gasteiger partial charge in [0, 0.05) is 53.9 Å². The molecule has 5 aromatic rings. The van der Waals surface area contributed by atoms with E-state index in [-0.39, 0.29) is 18.2 Å². The Labute approximate surface area is 346 Å². The summed E-state index contributed by atoms with van der Waals surface area (Å²) in [4.78, 5) is 42.6. The molecule has 60 heavy (non-hydrogen) atoms. The first-order valence-corrected chi connectivity index (χ1v) is 19.7. The molecule has 0 radical (unpaired) electrons. The summed E-state index contributed by atoms with van der Waals surface area (Å²) in [5.41, 5.74) is 2.23. The minimum atomic E-state index is -1.06. The Morgan fingerprint density at radius 2 is 1.23 bits per heavy atom. The van der Waals surface area contributed by atoms with E-state index in [4.69, 9.17) is 18.9 Å². The number of aromatic amines is 1. The van der Waals surface area contributed by atoms with Crippen LogP contribution >= 0.6 is 0 Å². The maximum absolute atomic E-state index is 14.6. The summed E-state index contributed by atoms with van der Waals surface area (Å²) in [6.45, 7) is 12.3. The summed E-state index contributed by atoms with van der Waals surface area (Å²) in [5, 5.41) is 17.2. The molecule has 2 atom stereocenters. The van der Waals surface area contributed by atoms with Gasteiger partial charge in [0.15, 0.2) is 11.6 Å². The van der Waals surface area contributed by atoms with Crippen LogP contribution in [0.25, 0.3) is 33.6 Å². The van der Waals surface area contributed by atoms with Gasteiger partial charge in [-0.3, -0.25) is 4.79 Å². The van der Waals surface area contributed by atoms with Gasteiger partial charge in [-0.2, -0.15) is 5.21 Å². The molecule has 3 heterocycles. The monoisotopic (exact) mass is 823 g/mol. The Morgan fingerprint density at radius 1 is 0.683 bits per heavy atom. The van der Waals surface area contributed by atoms with E-state index in [9.17, 15) is 23.2 Å². The molecular weight excluding hydrogens is 777 g/mol. The molecule has 2 aliphatic heterocycles. The number of tetrazole rings is 1. The van der Waals surface area contributed by atoms with E-state index >= 15 is 0 Å². The third-order valence-electron chi connectivity index (χ3n) is 9.69. The van der Waals surface area contributed by atoms with Gasteiger partial charge in [0.05, 0.1) is 13.1 Å². The molecule has 2 aliphatic rings. The number of carbonyl (C=O) groups excluding carboxylic acids is 3. The number of anilines is 1. The lowest BCUT2D eigenvalue weighted by atomic mass is 10.0. The molecule has 1 aromatic heterocycles. The first-order chi connectivity index (χ1) is 28.5. The number of hydrogen-bond acceptors (Lipinski definition) is 10. The molecule has 0 saturated carbocycles. The standard InChI is InChI=1S/C44H47F2N7O7/c1-43(2,3)59-41(55)52-19-17-31(24-52)57-37-15-12-29(21-33(37)28-11-14-35(45)36(46)22-28)40(54)47-30-13-16-38(58-32-18-20-53(25-32)42(56)60-44(4,5)6)34(23-30)26-7-9-27(10-8-26)39-48-50-51-49-39/h7-16,21-23,31-32H,17-20,24-25H2,1-6H3,(H,47,54)(H,48,49,50,51)/t31-,32-/m0/s1. The smallest absolute Gasteiger partial charge is 0.410 e. The number of halogens is 2. The van der Waals surface area contributed by atoms with Crippen LogP contribution in [0.2, 0.25) is 0 Å². The van der Waals surface area contributed by atoms with E-state index in [1.165, 1.54) is 6.07 Å². The lowest BCUT2D eigenvalue weighted by Crippen LogP contribution is -2.36. The number of ether oxygens (including phenoxy) is 4. The molecule has 4 aromatic carbocycles. The van der Waals surface area contributed by atoms with Crippen LogP contribution in [0.3, 0.4) is 0 Å². The first-order valence-electron chi connectivity index (χ1n) is 19.7. The Morgan fingerprint density at radius 3 is 1.78 bits per heavy atom. The molecule has 314 valence electrons. The highest BCUT2D eigenvalue weighted by atomic mass is 19.2. The van der Waals surface area contributed by atoms with Gasteiger partial charge in [0.2, 0.25) is 5.82 Å². The number of benzene rings is 4. The Bertz CT molecular complexity index is 2360. The quantitative estimate of drug-likeness (QED) is 0.148. The van der Waals surface area contributed by atoms with Crippen LogP contribution in [-0.4, -0.2) is 98.1 Å². The molecule has 0 unspecified atom stereocenters. The van der Waals surface area contributed by atoms with Crippen molar-refractivity contribution >= 4 is 23.8 Å². The molecule has 16 heteroatoms. The number of aromatic nitrogens is 4. The summed E-state index contributed by atoms with van der Waals surface area (Å²) < 4.78 is 52.6. The molecular formula is C44H47F2N7O7. The molecule has 2 saturated heterocycles. The van der Waals surface area contributed by atoms with Crippen molar-refractivity contribution < 1.29 is 42.1 Å². The average molecular weight is 824 g/mol. The number of H-pyrrole nitrogens is 1. The Balaban J connectivity index is 1.14. The third kappa shape index (κ3) is 10.2. The second-order valence-electron chi connectivity index (χ2n) is 16.7. The van der Waals surface area contributed by atoms with Crippen molar-refractivity contribution in [2.24, 2.45) is 0 Å². The van der Waals surface area contributed by atoms with E-state index in [1.807, 2.05) is 45.0 Å². The van der Waals surface area contributed by atoms with Crippen molar-refractivity contribution in [3.63, 3.8) is 0 Å². The van der Waals surface area contributed by atoms with Gasteiger partial charge >= 0.3 is 12.2 Å². The number of likely N-dealkylation sites (tertiary alicyclic amines) is 2. The SMILES string of the molecule is CC(C)(C)OC(=O)N1CC[C@H](Oc2ccc(NC(=O)c3ccc(O[C@H]4CCN(C(=O)OC(C)(C)C)C4)c(-c4ccc(F)c(F)c4)c3)cc2-c2ccc(-c3nn[nH]n3)cc2)C1. The van der Waals surface area contributed by atoms with Gasteiger partial charge in [-0.1, -0.05) is 30.3 Å². The summed E-state index contributed by atoms with van der Waals surface area (Å²) in [7, 11) is 0. The molecule has 2 N–H and O–H groups in total.